The Labute approximate surface area is 121 Å². The number of aromatic nitrogens is 2. The van der Waals surface area contributed by atoms with E-state index in [9.17, 15) is 4.39 Å². The fourth-order valence-corrected chi connectivity index (χ4v) is 2.72. The van der Waals surface area contributed by atoms with E-state index >= 15 is 0 Å². The Bertz CT molecular complexity index is 553. The van der Waals surface area contributed by atoms with Crippen molar-refractivity contribution in [3.8, 4) is 0 Å². The van der Waals surface area contributed by atoms with Crippen molar-refractivity contribution in [1.82, 2.24) is 15.1 Å². The van der Waals surface area contributed by atoms with Gasteiger partial charge in [0.05, 0.1) is 22.4 Å². The second kappa shape index (κ2) is 6.30. The van der Waals surface area contributed by atoms with E-state index in [0.29, 0.717) is 5.56 Å². The highest BCUT2D eigenvalue weighted by Crippen LogP contribution is 2.29. The van der Waals surface area contributed by atoms with Gasteiger partial charge in [0.1, 0.15) is 5.82 Å². The topological polar surface area (TPSA) is 29.9 Å². The molecule has 0 fully saturated rings. The monoisotopic (exact) mass is 325 g/mol. The van der Waals surface area contributed by atoms with Gasteiger partial charge in [-0.15, -0.1) is 0 Å². The van der Waals surface area contributed by atoms with Crippen molar-refractivity contribution in [3.05, 3.63) is 52.0 Å². The number of aryl methyl sites for hydroxylation is 1. The predicted octanol–water partition coefficient (Wildman–Crippen LogP) is 3.50. The first kappa shape index (κ1) is 14.2. The third-order valence-electron chi connectivity index (χ3n) is 3.05. The van der Waals surface area contributed by atoms with Crippen molar-refractivity contribution in [2.24, 2.45) is 0 Å². The lowest BCUT2D eigenvalue weighted by Crippen LogP contribution is -2.23. The summed E-state index contributed by atoms with van der Waals surface area (Å²) in [5, 5.41) is 7.51. The molecule has 1 atom stereocenters. The Kier molecular flexibility index (Phi) is 4.71. The third-order valence-corrected chi connectivity index (χ3v) is 3.66. The van der Waals surface area contributed by atoms with Crippen molar-refractivity contribution in [2.75, 3.05) is 7.05 Å². The maximum atomic E-state index is 14.0. The van der Waals surface area contributed by atoms with Crippen molar-refractivity contribution >= 4 is 15.9 Å². The quantitative estimate of drug-likeness (QED) is 0.911. The van der Waals surface area contributed by atoms with Crippen LogP contribution < -0.4 is 5.32 Å². The first-order valence-corrected chi connectivity index (χ1v) is 7.11. The number of hydrogen-bond acceptors (Lipinski definition) is 2. The van der Waals surface area contributed by atoms with Gasteiger partial charge in [0, 0.05) is 12.1 Å². The number of benzene rings is 1. The van der Waals surface area contributed by atoms with Gasteiger partial charge in [-0.3, -0.25) is 4.68 Å². The molecule has 2 rings (SSSR count). The Morgan fingerprint density at radius 3 is 2.79 bits per heavy atom. The maximum Gasteiger partial charge on any atom is 0.128 e. The summed E-state index contributed by atoms with van der Waals surface area (Å²) in [6.07, 6.45) is 2.74. The van der Waals surface area contributed by atoms with Crippen LogP contribution in [0.3, 0.4) is 0 Å². The van der Waals surface area contributed by atoms with E-state index in [1.54, 1.807) is 18.3 Å². The average molecular weight is 326 g/mol. The molecule has 0 aliphatic heterocycles. The first-order chi connectivity index (χ1) is 9.19. The molecule has 0 saturated carbocycles. The Balaban J connectivity index is 2.48. The molecular formula is C14H17BrFN3. The van der Waals surface area contributed by atoms with Crippen molar-refractivity contribution < 1.29 is 4.39 Å². The third kappa shape index (κ3) is 2.87. The van der Waals surface area contributed by atoms with Gasteiger partial charge in [-0.05, 0) is 35.5 Å². The van der Waals surface area contributed by atoms with Gasteiger partial charge in [-0.1, -0.05) is 25.1 Å². The minimum absolute atomic E-state index is 0.210. The molecule has 0 aliphatic rings. The normalized spacial score (nSPS) is 12.6. The molecule has 1 heterocycles. The summed E-state index contributed by atoms with van der Waals surface area (Å²) in [6, 6.07) is 6.60. The zero-order valence-corrected chi connectivity index (χ0v) is 12.6. The molecule has 1 unspecified atom stereocenters. The average Bonchev–Trinajstić information content (AvgIpc) is 2.75. The largest absolute Gasteiger partial charge is 0.308 e. The molecule has 1 N–H and O–H groups in total. The summed E-state index contributed by atoms with van der Waals surface area (Å²) in [6.45, 7) is 2.91. The molecule has 1 aromatic heterocycles. The van der Waals surface area contributed by atoms with Gasteiger partial charge in [-0.2, -0.15) is 5.10 Å². The molecule has 19 heavy (non-hydrogen) atoms. The van der Waals surface area contributed by atoms with Crippen LogP contribution in [0.25, 0.3) is 0 Å². The second-order valence-electron chi connectivity index (χ2n) is 4.34. The summed E-state index contributed by atoms with van der Waals surface area (Å²) in [5.74, 6) is -0.210. The fourth-order valence-electron chi connectivity index (χ4n) is 2.20. The van der Waals surface area contributed by atoms with E-state index < -0.39 is 0 Å². The van der Waals surface area contributed by atoms with Gasteiger partial charge in [-0.25, -0.2) is 4.39 Å². The SMILES string of the molecule is CCCn1ncc(Br)c1C(NC)c1ccccc1F. The van der Waals surface area contributed by atoms with E-state index in [2.05, 4.69) is 33.3 Å². The zero-order valence-electron chi connectivity index (χ0n) is 11.0. The second-order valence-corrected chi connectivity index (χ2v) is 5.20. The van der Waals surface area contributed by atoms with E-state index in [-0.39, 0.29) is 11.9 Å². The lowest BCUT2D eigenvalue weighted by atomic mass is 10.0. The van der Waals surface area contributed by atoms with Crippen LogP contribution >= 0.6 is 15.9 Å². The van der Waals surface area contributed by atoms with Crippen LogP contribution in [0, 0.1) is 5.82 Å². The highest BCUT2D eigenvalue weighted by molar-refractivity contribution is 9.10. The van der Waals surface area contributed by atoms with Crippen LogP contribution in [0.1, 0.15) is 30.6 Å². The lowest BCUT2D eigenvalue weighted by molar-refractivity contribution is 0.515. The standard InChI is InChI=1S/C14H17BrFN3/c1-3-8-19-14(11(15)9-18-19)13(17-2)10-6-4-5-7-12(10)16/h4-7,9,13,17H,3,8H2,1-2H3. The minimum atomic E-state index is -0.218. The van der Waals surface area contributed by atoms with Gasteiger partial charge in [0.25, 0.3) is 0 Å². The summed E-state index contributed by atoms with van der Waals surface area (Å²) < 4.78 is 16.8. The van der Waals surface area contributed by atoms with Crippen molar-refractivity contribution in [1.29, 1.82) is 0 Å². The summed E-state index contributed by atoms with van der Waals surface area (Å²) >= 11 is 3.50. The fraction of sp³-hybridized carbons (Fsp3) is 0.357. The van der Waals surface area contributed by atoms with Crippen LogP contribution in [0.2, 0.25) is 0 Å². The molecule has 0 radical (unpaired) electrons. The van der Waals surface area contributed by atoms with Crippen LogP contribution in [-0.2, 0) is 6.54 Å². The number of halogens is 2. The predicted molar refractivity (Wildman–Crippen MR) is 77.5 cm³/mol. The van der Waals surface area contributed by atoms with Crippen LogP contribution in [0.15, 0.2) is 34.9 Å². The molecular weight excluding hydrogens is 309 g/mol. The van der Waals surface area contributed by atoms with Gasteiger partial charge >= 0.3 is 0 Å². The number of hydrogen-bond donors (Lipinski definition) is 1. The molecule has 1 aromatic carbocycles. The summed E-state index contributed by atoms with van der Waals surface area (Å²) in [4.78, 5) is 0. The maximum absolute atomic E-state index is 14.0. The van der Waals surface area contributed by atoms with Crippen LogP contribution in [-0.4, -0.2) is 16.8 Å². The smallest absolute Gasteiger partial charge is 0.128 e. The van der Waals surface area contributed by atoms with E-state index in [1.165, 1.54) is 6.07 Å². The molecule has 0 aliphatic carbocycles. The minimum Gasteiger partial charge on any atom is -0.308 e. The molecule has 5 heteroatoms. The molecule has 102 valence electrons. The van der Waals surface area contributed by atoms with Crippen molar-refractivity contribution in [2.45, 2.75) is 25.9 Å². The summed E-state index contributed by atoms with van der Waals surface area (Å²) in [7, 11) is 1.83. The van der Waals surface area contributed by atoms with Gasteiger partial charge < -0.3 is 5.32 Å². The number of nitrogens with one attached hydrogen (secondary N) is 1. The van der Waals surface area contributed by atoms with E-state index in [0.717, 1.165) is 23.1 Å². The molecule has 0 spiro atoms. The highest BCUT2D eigenvalue weighted by Gasteiger charge is 2.22. The Morgan fingerprint density at radius 2 is 2.16 bits per heavy atom. The van der Waals surface area contributed by atoms with Crippen LogP contribution in [0.5, 0.6) is 0 Å². The number of rotatable bonds is 5. The zero-order chi connectivity index (χ0) is 13.8. The van der Waals surface area contributed by atoms with E-state index in [1.807, 2.05) is 17.8 Å². The van der Waals surface area contributed by atoms with Gasteiger partial charge in [0.2, 0.25) is 0 Å². The van der Waals surface area contributed by atoms with Gasteiger partial charge in [0.15, 0.2) is 0 Å². The summed E-state index contributed by atoms with van der Waals surface area (Å²) in [5.41, 5.74) is 1.58. The molecule has 0 amide bonds. The number of nitrogens with zero attached hydrogens (tertiary/aromatic N) is 2. The molecule has 2 aromatic rings. The Morgan fingerprint density at radius 1 is 1.42 bits per heavy atom. The Hall–Kier alpha value is -1.20. The lowest BCUT2D eigenvalue weighted by Gasteiger charge is -2.19. The van der Waals surface area contributed by atoms with E-state index in [4.69, 9.17) is 0 Å². The molecule has 0 saturated heterocycles. The van der Waals surface area contributed by atoms with Crippen LogP contribution in [0.4, 0.5) is 4.39 Å². The molecule has 0 bridgehead atoms. The highest BCUT2D eigenvalue weighted by atomic mass is 79.9. The molecule has 3 nitrogen and oxygen atoms in total. The van der Waals surface area contributed by atoms with Crippen molar-refractivity contribution in [3.63, 3.8) is 0 Å². The first-order valence-electron chi connectivity index (χ1n) is 6.32.